The summed E-state index contributed by atoms with van der Waals surface area (Å²) in [7, 11) is 0. The molecule has 3 rings (SSSR count). The Morgan fingerprint density at radius 1 is 1.10 bits per heavy atom. The van der Waals surface area contributed by atoms with Gasteiger partial charge >= 0.3 is 0 Å². The normalized spacial score (nSPS) is 10.4. The van der Waals surface area contributed by atoms with Crippen molar-refractivity contribution in [3.05, 3.63) is 59.9 Å². The predicted molar refractivity (Wildman–Crippen MR) is 116 cm³/mol. The van der Waals surface area contributed by atoms with Gasteiger partial charge in [-0.2, -0.15) is 0 Å². The topological polar surface area (TPSA) is 96.0 Å². The largest absolute Gasteiger partial charge is 0.355 e. The molecule has 0 aliphatic heterocycles. The van der Waals surface area contributed by atoms with Crippen molar-refractivity contribution in [2.75, 3.05) is 18.4 Å². The molecule has 3 N–H and O–H groups in total. The minimum Gasteiger partial charge on any atom is -0.355 e. The van der Waals surface area contributed by atoms with E-state index in [1.54, 1.807) is 24.2 Å². The molecule has 0 radical (unpaired) electrons. The van der Waals surface area contributed by atoms with Crippen LogP contribution in [0.25, 0.3) is 0 Å². The van der Waals surface area contributed by atoms with Gasteiger partial charge in [-0.1, -0.05) is 35.2 Å². The molecule has 0 spiro atoms. The van der Waals surface area contributed by atoms with E-state index in [-0.39, 0.29) is 11.8 Å². The van der Waals surface area contributed by atoms with E-state index in [0.29, 0.717) is 18.7 Å². The number of aromatic nitrogens is 2. The number of benzene rings is 1. The number of amides is 2. The van der Waals surface area contributed by atoms with Crippen LogP contribution in [0.5, 0.6) is 0 Å². The zero-order valence-corrected chi connectivity index (χ0v) is 17.7. The molecule has 0 aliphatic carbocycles. The molecule has 0 saturated carbocycles. The van der Waals surface area contributed by atoms with Crippen LogP contribution in [-0.4, -0.2) is 34.9 Å². The first-order valence-corrected chi connectivity index (χ1v) is 10.6. The van der Waals surface area contributed by atoms with E-state index >= 15 is 0 Å². The summed E-state index contributed by atoms with van der Waals surface area (Å²) >= 11 is 3.07. The van der Waals surface area contributed by atoms with Crippen LogP contribution < -0.4 is 16.0 Å². The number of thiazole rings is 1. The molecular formula is C20H21N5O2S2. The fourth-order valence-electron chi connectivity index (χ4n) is 2.45. The van der Waals surface area contributed by atoms with E-state index in [1.165, 1.54) is 18.3 Å². The van der Waals surface area contributed by atoms with Crippen molar-refractivity contribution in [1.29, 1.82) is 0 Å². The molecule has 2 aromatic heterocycles. The highest BCUT2D eigenvalue weighted by atomic mass is 32.2. The molecule has 0 bridgehead atoms. The molecule has 0 unspecified atom stereocenters. The Morgan fingerprint density at radius 3 is 2.69 bits per heavy atom. The van der Waals surface area contributed by atoms with Gasteiger partial charge in [0, 0.05) is 36.7 Å². The summed E-state index contributed by atoms with van der Waals surface area (Å²) in [5, 5.41) is 9.42. The number of nitrogens with one attached hydrogen (secondary N) is 3. The SMILES string of the molecule is CC(=O)NCCNC(=O)c1cc(Sc2cnc(Nc3ccccn3)s2)ccc1C. The van der Waals surface area contributed by atoms with Crippen LogP contribution in [0.3, 0.4) is 0 Å². The quantitative estimate of drug-likeness (QED) is 0.475. The van der Waals surface area contributed by atoms with Gasteiger partial charge in [-0.3, -0.25) is 9.59 Å². The molecule has 29 heavy (non-hydrogen) atoms. The third-order valence-electron chi connectivity index (χ3n) is 3.84. The fourth-order valence-corrected chi connectivity index (χ4v) is 4.35. The number of carbonyl (C=O) groups is 2. The zero-order valence-electron chi connectivity index (χ0n) is 16.1. The Morgan fingerprint density at radius 2 is 1.93 bits per heavy atom. The lowest BCUT2D eigenvalue weighted by Gasteiger charge is -2.09. The summed E-state index contributed by atoms with van der Waals surface area (Å²) in [6.07, 6.45) is 3.52. The molecule has 150 valence electrons. The number of rotatable bonds is 8. The van der Waals surface area contributed by atoms with E-state index in [9.17, 15) is 9.59 Å². The first kappa shape index (κ1) is 20.8. The lowest BCUT2D eigenvalue weighted by molar-refractivity contribution is -0.118. The van der Waals surface area contributed by atoms with Gasteiger partial charge < -0.3 is 16.0 Å². The molecule has 9 heteroatoms. The molecule has 0 atom stereocenters. The molecule has 7 nitrogen and oxygen atoms in total. The van der Waals surface area contributed by atoms with Gasteiger partial charge in [-0.15, -0.1) is 0 Å². The van der Waals surface area contributed by atoms with Crippen molar-refractivity contribution in [2.45, 2.75) is 23.0 Å². The van der Waals surface area contributed by atoms with Crippen molar-refractivity contribution in [3.8, 4) is 0 Å². The number of hydrogen-bond donors (Lipinski definition) is 3. The summed E-state index contributed by atoms with van der Waals surface area (Å²) in [4.78, 5) is 32.9. The maximum absolute atomic E-state index is 12.5. The standard InChI is InChI=1S/C20H21N5O2S2/c1-13-6-7-15(11-16(13)19(27)23-10-9-21-14(2)26)28-18-12-24-20(29-18)25-17-5-3-4-8-22-17/h3-8,11-12H,9-10H2,1-2H3,(H,21,26)(H,23,27)(H,22,24,25). The van der Waals surface area contributed by atoms with Crippen LogP contribution in [0.15, 0.2) is 57.9 Å². The van der Waals surface area contributed by atoms with Gasteiger partial charge in [-0.25, -0.2) is 9.97 Å². The van der Waals surface area contributed by atoms with Crippen molar-refractivity contribution in [2.24, 2.45) is 0 Å². The van der Waals surface area contributed by atoms with Gasteiger partial charge in [0.1, 0.15) is 5.82 Å². The summed E-state index contributed by atoms with van der Waals surface area (Å²) in [6, 6.07) is 11.4. The maximum Gasteiger partial charge on any atom is 0.251 e. The fraction of sp³-hybridized carbons (Fsp3) is 0.200. The Bertz CT molecular complexity index is 992. The second-order valence-electron chi connectivity index (χ2n) is 6.14. The molecule has 2 amide bonds. The minimum absolute atomic E-state index is 0.115. The lowest BCUT2D eigenvalue weighted by Crippen LogP contribution is -2.33. The lowest BCUT2D eigenvalue weighted by atomic mass is 10.1. The molecule has 3 aromatic rings. The van der Waals surface area contributed by atoms with Crippen LogP contribution >= 0.6 is 23.1 Å². The van der Waals surface area contributed by atoms with Crippen molar-refractivity contribution < 1.29 is 9.59 Å². The van der Waals surface area contributed by atoms with Gasteiger partial charge in [0.15, 0.2) is 5.13 Å². The first-order chi connectivity index (χ1) is 14.0. The average Bonchev–Trinajstić information content (AvgIpc) is 3.14. The molecule has 0 saturated heterocycles. The van der Waals surface area contributed by atoms with Gasteiger partial charge in [-0.05, 0) is 36.8 Å². The Hall–Kier alpha value is -2.91. The van der Waals surface area contributed by atoms with Gasteiger partial charge in [0.25, 0.3) is 5.91 Å². The van der Waals surface area contributed by atoms with Crippen LogP contribution in [0, 0.1) is 6.92 Å². The molecule has 0 fully saturated rings. The van der Waals surface area contributed by atoms with Crippen molar-refractivity contribution in [3.63, 3.8) is 0 Å². The highest BCUT2D eigenvalue weighted by Gasteiger charge is 2.11. The molecular weight excluding hydrogens is 406 g/mol. The van der Waals surface area contributed by atoms with Crippen molar-refractivity contribution in [1.82, 2.24) is 20.6 Å². The van der Waals surface area contributed by atoms with E-state index in [1.807, 2.05) is 43.3 Å². The highest BCUT2D eigenvalue weighted by molar-refractivity contribution is 8.01. The summed E-state index contributed by atoms with van der Waals surface area (Å²) in [5.41, 5.74) is 1.52. The Balaban J connectivity index is 1.62. The summed E-state index contributed by atoms with van der Waals surface area (Å²) in [6.45, 7) is 4.14. The van der Waals surface area contributed by atoms with E-state index in [0.717, 1.165) is 25.6 Å². The molecule has 0 aliphatic rings. The van der Waals surface area contributed by atoms with Crippen molar-refractivity contribution >= 4 is 45.9 Å². The Kier molecular flexibility index (Phi) is 7.20. The number of aryl methyl sites for hydroxylation is 1. The van der Waals surface area contributed by atoms with E-state index < -0.39 is 0 Å². The van der Waals surface area contributed by atoms with E-state index in [2.05, 4.69) is 25.9 Å². The number of pyridine rings is 1. The zero-order chi connectivity index (χ0) is 20.6. The van der Waals surface area contributed by atoms with E-state index in [4.69, 9.17) is 0 Å². The van der Waals surface area contributed by atoms with Gasteiger partial charge in [0.2, 0.25) is 5.91 Å². The maximum atomic E-state index is 12.5. The number of hydrogen-bond acceptors (Lipinski definition) is 7. The average molecular weight is 428 g/mol. The monoisotopic (exact) mass is 427 g/mol. The summed E-state index contributed by atoms with van der Waals surface area (Å²) in [5.74, 6) is 0.472. The minimum atomic E-state index is -0.155. The van der Waals surface area contributed by atoms with Crippen LogP contribution in [0.4, 0.5) is 10.9 Å². The first-order valence-electron chi connectivity index (χ1n) is 8.96. The second kappa shape index (κ2) is 10.0. The second-order valence-corrected chi connectivity index (χ2v) is 8.55. The highest BCUT2D eigenvalue weighted by Crippen LogP contribution is 2.35. The number of anilines is 2. The van der Waals surface area contributed by atoms with Crippen LogP contribution in [0.1, 0.15) is 22.8 Å². The summed E-state index contributed by atoms with van der Waals surface area (Å²) < 4.78 is 1.00. The third kappa shape index (κ3) is 6.30. The number of nitrogens with zero attached hydrogens (tertiary/aromatic N) is 2. The van der Waals surface area contributed by atoms with Crippen LogP contribution in [-0.2, 0) is 4.79 Å². The molecule has 1 aromatic carbocycles. The van der Waals surface area contributed by atoms with Crippen LogP contribution in [0.2, 0.25) is 0 Å². The van der Waals surface area contributed by atoms with Gasteiger partial charge in [0.05, 0.1) is 10.4 Å². The third-order valence-corrected chi connectivity index (χ3v) is 5.84. The Labute approximate surface area is 177 Å². The molecule has 2 heterocycles. The number of carbonyl (C=O) groups excluding carboxylic acids is 2. The smallest absolute Gasteiger partial charge is 0.251 e. The predicted octanol–water partition coefficient (Wildman–Crippen LogP) is 3.61.